The van der Waals surface area contributed by atoms with Crippen molar-refractivity contribution < 1.29 is 29.3 Å². The van der Waals surface area contributed by atoms with Gasteiger partial charge in [-0.3, -0.25) is 9.63 Å². The van der Waals surface area contributed by atoms with Crippen LogP contribution in [0.25, 0.3) is 0 Å². The van der Waals surface area contributed by atoms with Crippen molar-refractivity contribution >= 4 is 11.6 Å². The lowest BCUT2D eigenvalue weighted by atomic mass is 9.89. The molecule has 4 N–H and O–H groups in total. The Morgan fingerprint density at radius 3 is 2.52 bits per heavy atom. The van der Waals surface area contributed by atoms with Crippen molar-refractivity contribution in [1.29, 1.82) is 0 Å². The molecule has 1 aliphatic heterocycles. The summed E-state index contributed by atoms with van der Waals surface area (Å²) in [4.78, 5) is 21.5. The van der Waals surface area contributed by atoms with Crippen molar-refractivity contribution in [3.63, 3.8) is 0 Å². The zero-order valence-corrected chi connectivity index (χ0v) is 23.9. The van der Waals surface area contributed by atoms with E-state index in [1.54, 1.807) is 13.0 Å². The zero-order valence-electron chi connectivity index (χ0n) is 23.9. The highest BCUT2D eigenvalue weighted by Gasteiger charge is 2.49. The molecule has 0 aliphatic carbocycles. The van der Waals surface area contributed by atoms with Crippen molar-refractivity contribution in [1.82, 2.24) is 10.4 Å². The van der Waals surface area contributed by atoms with Crippen LogP contribution in [0.2, 0.25) is 0 Å². The van der Waals surface area contributed by atoms with Gasteiger partial charge in [-0.05, 0) is 60.9 Å². The molecule has 4 rings (SSSR count). The normalized spacial score (nSPS) is 19.9. The number of anilines is 1. The van der Waals surface area contributed by atoms with Crippen LogP contribution in [0.3, 0.4) is 0 Å². The number of nitrogens with one attached hydrogen (secondary N) is 1. The van der Waals surface area contributed by atoms with Crippen molar-refractivity contribution in [2.24, 2.45) is 5.92 Å². The number of halogens is 1. The maximum Gasteiger partial charge on any atom is 0.240 e. The van der Waals surface area contributed by atoms with Gasteiger partial charge in [0.15, 0.2) is 0 Å². The summed E-state index contributed by atoms with van der Waals surface area (Å²) >= 11 is 0. The maximum atomic E-state index is 13.4. The number of carbonyl (C=O) groups excluding carboxylic acids is 1. The Kier molecular flexibility index (Phi) is 11.1. The number of aliphatic hydroxyl groups is 3. The summed E-state index contributed by atoms with van der Waals surface area (Å²) in [7, 11) is 2.00. The molecule has 5 atom stereocenters. The number of para-hydroxylation sites is 1. The summed E-state index contributed by atoms with van der Waals surface area (Å²) in [6.45, 7) is 2.66. The molecule has 42 heavy (non-hydrogen) atoms. The van der Waals surface area contributed by atoms with E-state index in [2.05, 4.69) is 22.1 Å². The molecule has 0 aromatic heterocycles. The van der Waals surface area contributed by atoms with E-state index < -0.39 is 30.3 Å². The van der Waals surface area contributed by atoms with Crippen LogP contribution >= 0.6 is 0 Å². The van der Waals surface area contributed by atoms with Gasteiger partial charge in [-0.1, -0.05) is 54.3 Å². The molecular weight excluding hydrogens is 537 g/mol. The molecule has 8 nitrogen and oxygen atoms in total. The first kappa shape index (κ1) is 31.2. The number of benzene rings is 3. The van der Waals surface area contributed by atoms with Crippen molar-refractivity contribution in [2.45, 2.75) is 44.2 Å². The molecule has 222 valence electrons. The molecule has 3 aromatic carbocycles. The second-order valence-corrected chi connectivity index (χ2v) is 10.5. The Morgan fingerprint density at radius 1 is 1.10 bits per heavy atom. The number of hydrogen-bond acceptors (Lipinski definition) is 7. The fourth-order valence-electron chi connectivity index (χ4n) is 5.13. The van der Waals surface area contributed by atoms with Crippen molar-refractivity contribution in [2.75, 3.05) is 31.6 Å². The van der Waals surface area contributed by atoms with Gasteiger partial charge in [-0.25, -0.2) is 4.39 Å². The van der Waals surface area contributed by atoms with E-state index in [1.807, 2.05) is 55.6 Å². The predicted octanol–water partition coefficient (Wildman–Crippen LogP) is 3.03. The fraction of sp³-hybridized carbons (Fsp3) is 0.364. The lowest BCUT2D eigenvalue weighted by molar-refractivity contribution is -0.181. The molecule has 1 aliphatic rings. The van der Waals surface area contributed by atoms with Gasteiger partial charge in [0.1, 0.15) is 24.1 Å². The summed E-state index contributed by atoms with van der Waals surface area (Å²) < 4.78 is 13.2. The largest absolute Gasteiger partial charge is 0.394 e. The summed E-state index contributed by atoms with van der Waals surface area (Å²) in [5, 5.41) is 35.4. The fourth-order valence-corrected chi connectivity index (χ4v) is 5.13. The maximum absolute atomic E-state index is 13.4. The smallest absolute Gasteiger partial charge is 0.240 e. The highest BCUT2D eigenvalue weighted by atomic mass is 19.1. The Labute approximate surface area is 246 Å². The van der Waals surface area contributed by atoms with Crippen LogP contribution in [-0.4, -0.2) is 71.3 Å². The molecule has 1 heterocycles. The molecule has 2 unspecified atom stereocenters. The van der Waals surface area contributed by atoms with Gasteiger partial charge in [0.2, 0.25) is 5.91 Å². The van der Waals surface area contributed by atoms with Crippen LogP contribution in [0.15, 0.2) is 78.9 Å². The van der Waals surface area contributed by atoms with Gasteiger partial charge in [-0.15, -0.1) is 0 Å². The average Bonchev–Trinajstić information content (AvgIpc) is 3.37. The Bertz CT molecular complexity index is 1360. The Balaban J connectivity index is 1.42. The van der Waals surface area contributed by atoms with Gasteiger partial charge in [0.05, 0.1) is 19.3 Å². The number of nitrogens with zero attached hydrogens (tertiary/aromatic N) is 2. The van der Waals surface area contributed by atoms with E-state index in [9.17, 15) is 24.5 Å². The molecule has 1 fully saturated rings. The van der Waals surface area contributed by atoms with Crippen molar-refractivity contribution in [3.8, 4) is 11.8 Å². The molecule has 0 spiro atoms. The van der Waals surface area contributed by atoms with Crippen LogP contribution in [0.1, 0.15) is 36.1 Å². The van der Waals surface area contributed by atoms with Crippen LogP contribution in [0, 0.1) is 23.6 Å². The Hall–Kier alpha value is -3.78. The number of hydroxylamine groups is 2. The number of rotatable bonds is 11. The lowest BCUT2D eigenvalue weighted by Gasteiger charge is -2.26. The monoisotopic (exact) mass is 575 g/mol. The molecular formula is C33H38FN3O5. The summed E-state index contributed by atoms with van der Waals surface area (Å²) in [6.07, 6.45) is -1.98. The number of hydrogen-bond donors (Lipinski definition) is 4. The van der Waals surface area contributed by atoms with Crippen LogP contribution in [0.4, 0.5) is 10.1 Å². The molecule has 0 bridgehead atoms. The van der Waals surface area contributed by atoms with E-state index >= 15 is 0 Å². The van der Waals surface area contributed by atoms with E-state index in [0.717, 1.165) is 24.2 Å². The van der Waals surface area contributed by atoms with E-state index in [1.165, 1.54) is 29.3 Å². The summed E-state index contributed by atoms with van der Waals surface area (Å²) in [5.74, 6) is 4.42. The second-order valence-electron chi connectivity index (χ2n) is 10.5. The molecule has 3 aromatic rings. The predicted molar refractivity (Wildman–Crippen MR) is 158 cm³/mol. The summed E-state index contributed by atoms with van der Waals surface area (Å²) in [5.41, 5.74) is 3.02. The SMILES string of the molecule is CC(O)[C@H]1[C@@H](CO)ON(Cc2cccc(C#CC(O)c3ccc(F)cc3)c2)[C@H]1C(=O)NCCCN(C)c1ccccc1. The minimum absolute atomic E-state index is 0.213. The standard InChI is InChI=1S/C33H38FN3O5/c1-23(39)31-30(22-38)42-37(32(31)33(41)35-18-7-19-36(2)28-10-4-3-5-11-28)21-25-9-6-8-24(20-25)12-17-29(40)26-13-15-27(34)16-14-26/h3-6,8-11,13-16,20,23,29-32,38-40H,7,18-19,21-22H2,1-2H3,(H,35,41)/t23?,29?,30-,31+,32-/m1/s1. The van der Waals surface area contributed by atoms with Crippen LogP contribution < -0.4 is 10.2 Å². The number of aliphatic hydroxyl groups excluding tert-OH is 3. The molecule has 0 saturated carbocycles. The van der Waals surface area contributed by atoms with Crippen LogP contribution in [0.5, 0.6) is 0 Å². The lowest BCUT2D eigenvalue weighted by Crippen LogP contribution is -2.49. The minimum atomic E-state index is -1.08. The quantitative estimate of drug-likeness (QED) is 0.206. The molecule has 1 saturated heterocycles. The van der Waals surface area contributed by atoms with E-state index in [0.29, 0.717) is 17.7 Å². The molecule has 0 radical (unpaired) electrons. The molecule has 9 heteroatoms. The first-order valence-electron chi connectivity index (χ1n) is 14.1. The number of amides is 1. The topological polar surface area (TPSA) is 105 Å². The van der Waals surface area contributed by atoms with Gasteiger partial charge in [0.25, 0.3) is 0 Å². The number of carbonyl (C=O) groups is 1. The van der Waals surface area contributed by atoms with Gasteiger partial charge in [0, 0.05) is 37.3 Å². The zero-order chi connectivity index (χ0) is 30.1. The second kappa shape index (κ2) is 14.9. The third kappa shape index (κ3) is 8.16. The first-order valence-corrected chi connectivity index (χ1v) is 14.1. The highest BCUT2D eigenvalue weighted by Crippen LogP contribution is 2.32. The third-order valence-electron chi connectivity index (χ3n) is 7.35. The highest BCUT2D eigenvalue weighted by molar-refractivity contribution is 5.82. The van der Waals surface area contributed by atoms with E-state index in [4.69, 9.17) is 4.84 Å². The van der Waals surface area contributed by atoms with Crippen LogP contribution in [-0.2, 0) is 16.2 Å². The average molecular weight is 576 g/mol. The van der Waals surface area contributed by atoms with E-state index in [-0.39, 0.29) is 24.9 Å². The summed E-state index contributed by atoms with van der Waals surface area (Å²) in [6, 6.07) is 22.0. The van der Waals surface area contributed by atoms with Gasteiger partial charge >= 0.3 is 0 Å². The van der Waals surface area contributed by atoms with Crippen molar-refractivity contribution in [3.05, 3.63) is 101 Å². The third-order valence-corrected chi connectivity index (χ3v) is 7.35. The Morgan fingerprint density at radius 2 is 1.83 bits per heavy atom. The first-order chi connectivity index (χ1) is 20.3. The molecule has 1 amide bonds. The van der Waals surface area contributed by atoms with Gasteiger partial charge < -0.3 is 25.5 Å². The van der Waals surface area contributed by atoms with Gasteiger partial charge in [-0.2, -0.15) is 5.06 Å². The minimum Gasteiger partial charge on any atom is -0.394 e.